The zero-order valence-corrected chi connectivity index (χ0v) is 12.8. The molecule has 0 aromatic carbocycles. The summed E-state index contributed by atoms with van der Waals surface area (Å²) in [5.74, 6) is -0.352. The number of piperidine rings is 1. The van der Waals surface area contributed by atoms with Crippen molar-refractivity contribution >= 4 is 16.0 Å². The minimum Gasteiger partial charge on any atom is -0.469 e. The van der Waals surface area contributed by atoms with Crippen molar-refractivity contribution in [1.29, 1.82) is 0 Å². The summed E-state index contributed by atoms with van der Waals surface area (Å²) in [4.78, 5) is 11.0. The second-order valence-electron chi connectivity index (χ2n) is 5.21. The number of nitrogens with zero attached hydrogens (tertiary/aromatic N) is 1. The highest BCUT2D eigenvalue weighted by Crippen LogP contribution is 2.23. The van der Waals surface area contributed by atoms with Crippen LogP contribution in [-0.4, -0.2) is 57.2 Å². The van der Waals surface area contributed by atoms with Crippen molar-refractivity contribution in [3.8, 4) is 0 Å². The topological polar surface area (TPSA) is 75.7 Å². The number of hydrogen-bond donors (Lipinski definition) is 1. The Labute approximate surface area is 115 Å². The van der Waals surface area contributed by atoms with E-state index in [0.717, 1.165) is 12.8 Å². The molecule has 112 valence electrons. The first-order valence-electron chi connectivity index (χ1n) is 6.56. The van der Waals surface area contributed by atoms with Crippen LogP contribution in [0.1, 0.15) is 32.6 Å². The summed E-state index contributed by atoms with van der Waals surface area (Å²) in [5, 5.41) is 3.24. The van der Waals surface area contributed by atoms with Gasteiger partial charge >= 0.3 is 5.97 Å². The highest BCUT2D eigenvalue weighted by atomic mass is 32.2. The lowest BCUT2D eigenvalue weighted by Crippen LogP contribution is -2.51. The van der Waals surface area contributed by atoms with Crippen LogP contribution in [0.4, 0.5) is 0 Å². The van der Waals surface area contributed by atoms with Crippen LogP contribution in [0.2, 0.25) is 0 Å². The highest BCUT2D eigenvalue weighted by Gasteiger charge is 2.33. The number of sulfonamides is 1. The molecule has 0 bridgehead atoms. The van der Waals surface area contributed by atoms with E-state index in [1.807, 2.05) is 7.05 Å². The van der Waals surface area contributed by atoms with Gasteiger partial charge in [0.25, 0.3) is 0 Å². The molecule has 0 aromatic heterocycles. The van der Waals surface area contributed by atoms with Crippen molar-refractivity contribution in [2.75, 3.05) is 33.0 Å². The van der Waals surface area contributed by atoms with Crippen LogP contribution in [0.15, 0.2) is 0 Å². The second kappa shape index (κ2) is 6.67. The van der Waals surface area contributed by atoms with E-state index in [-0.39, 0.29) is 23.7 Å². The second-order valence-corrected chi connectivity index (χ2v) is 7.29. The number of ether oxygens (including phenoxy) is 1. The fourth-order valence-corrected chi connectivity index (χ4v) is 3.64. The Morgan fingerprint density at radius 1 is 1.37 bits per heavy atom. The maximum atomic E-state index is 12.1. The van der Waals surface area contributed by atoms with Crippen molar-refractivity contribution in [3.05, 3.63) is 0 Å². The molecular formula is C12H24N2O4S. The Balaban J connectivity index is 2.44. The van der Waals surface area contributed by atoms with Gasteiger partial charge in [-0.1, -0.05) is 0 Å². The maximum absolute atomic E-state index is 12.1. The molecule has 0 aromatic rings. The van der Waals surface area contributed by atoms with Gasteiger partial charge in [0.2, 0.25) is 10.0 Å². The molecule has 1 aliphatic rings. The summed E-state index contributed by atoms with van der Waals surface area (Å²) < 4.78 is 30.2. The first-order chi connectivity index (χ1) is 8.83. The number of esters is 1. The van der Waals surface area contributed by atoms with Crippen LogP contribution in [-0.2, 0) is 19.6 Å². The Morgan fingerprint density at radius 3 is 2.42 bits per heavy atom. The number of carbonyl (C=O) groups excluding carboxylic acids is 1. The largest absolute Gasteiger partial charge is 0.469 e. The minimum absolute atomic E-state index is 0.0123. The molecule has 0 unspecified atom stereocenters. The monoisotopic (exact) mass is 292 g/mol. The number of hydrogen-bond acceptors (Lipinski definition) is 5. The molecule has 1 rings (SSSR count). The lowest BCUT2D eigenvalue weighted by Gasteiger charge is -2.38. The summed E-state index contributed by atoms with van der Waals surface area (Å²) in [6.45, 7) is 3.18. The molecule has 1 aliphatic heterocycles. The molecule has 1 heterocycles. The normalized spacial score (nSPS) is 20.2. The van der Waals surface area contributed by atoms with Crippen molar-refractivity contribution in [2.24, 2.45) is 0 Å². The SMILES string of the molecule is CNC1(C)CCN(S(=O)(=O)CCCC(=O)OC)CC1. The molecule has 1 saturated heterocycles. The smallest absolute Gasteiger partial charge is 0.305 e. The highest BCUT2D eigenvalue weighted by molar-refractivity contribution is 7.89. The van der Waals surface area contributed by atoms with E-state index >= 15 is 0 Å². The van der Waals surface area contributed by atoms with Gasteiger partial charge < -0.3 is 10.1 Å². The predicted molar refractivity (Wildman–Crippen MR) is 73.3 cm³/mol. The Bertz CT molecular complexity index is 400. The van der Waals surface area contributed by atoms with Gasteiger partial charge in [-0.25, -0.2) is 12.7 Å². The van der Waals surface area contributed by atoms with Crippen LogP contribution in [0, 0.1) is 0 Å². The van der Waals surface area contributed by atoms with E-state index in [2.05, 4.69) is 17.0 Å². The van der Waals surface area contributed by atoms with E-state index in [1.54, 1.807) is 0 Å². The maximum Gasteiger partial charge on any atom is 0.305 e. The Morgan fingerprint density at radius 2 is 1.95 bits per heavy atom. The fourth-order valence-electron chi connectivity index (χ4n) is 2.14. The van der Waals surface area contributed by atoms with E-state index in [9.17, 15) is 13.2 Å². The van der Waals surface area contributed by atoms with Gasteiger partial charge in [0.05, 0.1) is 12.9 Å². The summed E-state index contributed by atoms with van der Waals surface area (Å²) in [7, 11) is -0.0390. The van der Waals surface area contributed by atoms with Gasteiger partial charge in [-0.2, -0.15) is 0 Å². The number of methoxy groups -OCH3 is 1. The zero-order valence-electron chi connectivity index (χ0n) is 11.9. The number of carbonyl (C=O) groups is 1. The minimum atomic E-state index is -3.25. The summed E-state index contributed by atoms with van der Waals surface area (Å²) in [5.41, 5.74) is 0.0258. The third kappa shape index (κ3) is 4.74. The van der Waals surface area contributed by atoms with Crippen LogP contribution in [0.3, 0.4) is 0 Å². The van der Waals surface area contributed by atoms with Crippen molar-refractivity contribution < 1.29 is 17.9 Å². The predicted octanol–water partition coefficient (Wildman–Crippen LogP) is 0.343. The van der Waals surface area contributed by atoms with Crippen molar-refractivity contribution in [2.45, 2.75) is 38.1 Å². The number of nitrogens with one attached hydrogen (secondary N) is 1. The van der Waals surface area contributed by atoms with Gasteiger partial charge in [0.1, 0.15) is 0 Å². The first kappa shape index (κ1) is 16.4. The van der Waals surface area contributed by atoms with E-state index < -0.39 is 10.0 Å². The van der Waals surface area contributed by atoms with Crippen LogP contribution in [0.25, 0.3) is 0 Å². The molecule has 1 N–H and O–H groups in total. The summed E-state index contributed by atoms with van der Waals surface area (Å²) >= 11 is 0. The van der Waals surface area contributed by atoms with E-state index in [0.29, 0.717) is 19.5 Å². The lowest BCUT2D eigenvalue weighted by molar-refractivity contribution is -0.140. The molecule has 0 amide bonds. The van der Waals surface area contributed by atoms with Gasteiger partial charge in [-0.15, -0.1) is 0 Å². The van der Waals surface area contributed by atoms with Gasteiger partial charge in [0.15, 0.2) is 0 Å². The zero-order chi connectivity index (χ0) is 14.5. The molecule has 0 spiro atoms. The molecular weight excluding hydrogens is 268 g/mol. The molecule has 6 nitrogen and oxygen atoms in total. The van der Waals surface area contributed by atoms with Crippen LogP contribution < -0.4 is 5.32 Å². The molecule has 0 saturated carbocycles. The summed E-state index contributed by atoms with van der Waals surface area (Å²) in [6.07, 6.45) is 2.08. The first-order valence-corrected chi connectivity index (χ1v) is 8.17. The van der Waals surface area contributed by atoms with Gasteiger partial charge in [-0.05, 0) is 33.2 Å². The summed E-state index contributed by atoms with van der Waals surface area (Å²) in [6, 6.07) is 0. The third-order valence-electron chi connectivity index (χ3n) is 3.83. The molecule has 0 aliphatic carbocycles. The molecule has 1 fully saturated rings. The van der Waals surface area contributed by atoms with Crippen molar-refractivity contribution in [3.63, 3.8) is 0 Å². The molecule has 7 heteroatoms. The number of rotatable bonds is 6. The molecule has 0 radical (unpaired) electrons. The van der Waals surface area contributed by atoms with E-state index in [1.165, 1.54) is 11.4 Å². The third-order valence-corrected chi connectivity index (χ3v) is 5.79. The average Bonchev–Trinajstić information content (AvgIpc) is 2.39. The Hall–Kier alpha value is -0.660. The van der Waals surface area contributed by atoms with Gasteiger partial charge in [-0.3, -0.25) is 4.79 Å². The standard InChI is InChI=1S/C12H24N2O4S/c1-12(13-2)6-8-14(9-7-12)19(16,17)10-4-5-11(15)18-3/h13H,4-10H2,1-3H3. The van der Waals surface area contributed by atoms with Gasteiger partial charge in [0, 0.05) is 25.0 Å². The molecule has 0 atom stereocenters. The van der Waals surface area contributed by atoms with E-state index in [4.69, 9.17) is 0 Å². The Kier molecular flexibility index (Phi) is 5.76. The quantitative estimate of drug-likeness (QED) is 0.715. The van der Waals surface area contributed by atoms with Crippen LogP contribution >= 0.6 is 0 Å². The van der Waals surface area contributed by atoms with Crippen molar-refractivity contribution in [1.82, 2.24) is 9.62 Å². The molecule has 19 heavy (non-hydrogen) atoms. The van der Waals surface area contributed by atoms with Crippen LogP contribution in [0.5, 0.6) is 0 Å². The average molecular weight is 292 g/mol. The fraction of sp³-hybridized carbons (Fsp3) is 0.917. The lowest BCUT2D eigenvalue weighted by atomic mass is 9.91.